The summed E-state index contributed by atoms with van der Waals surface area (Å²) in [5.41, 5.74) is 4.13. The van der Waals surface area contributed by atoms with Gasteiger partial charge in [-0.25, -0.2) is 4.79 Å². The molecule has 0 saturated heterocycles. The van der Waals surface area contributed by atoms with Crippen molar-refractivity contribution in [2.45, 2.75) is 25.7 Å². The molecular weight excluding hydrogens is 496 g/mol. The van der Waals surface area contributed by atoms with Gasteiger partial charge >= 0.3 is 5.97 Å². The number of carbonyl (C=O) groups is 1. The number of nitrogens with one attached hydrogen (secondary N) is 1. The standard InChI is InChI=1S/C27H25ClN4O3S/c1-34-23-13-7-18(8-14-23)25-29-31(27(36)32(25)22-11-9-21(28)10-12-22)17-30-16-20-6-4-3-5-19(20)15-24(30)26(33)35-2/h3-14,24H,15-17H2,1-2H3/p+1/t24-/m1/s1. The normalized spacial score (nSPS) is 16.9. The highest BCUT2D eigenvalue weighted by molar-refractivity contribution is 7.71. The van der Waals surface area contributed by atoms with E-state index in [4.69, 9.17) is 38.4 Å². The lowest BCUT2D eigenvalue weighted by Crippen LogP contribution is -3.16. The molecule has 2 atom stereocenters. The third-order valence-corrected chi connectivity index (χ3v) is 7.21. The summed E-state index contributed by atoms with van der Waals surface area (Å²) in [5, 5.41) is 5.57. The number of quaternary nitrogens is 1. The van der Waals surface area contributed by atoms with Crippen LogP contribution in [0.1, 0.15) is 11.1 Å². The number of rotatable bonds is 6. The van der Waals surface area contributed by atoms with Gasteiger partial charge in [-0.15, -0.1) is 5.10 Å². The van der Waals surface area contributed by atoms with Gasteiger partial charge in [0.15, 0.2) is 18.5 Å². The molecule has 0 saturated carbocycles. The molecule has 0 bridgehead atoms. The quantitative estimate of drug-likeness (QED) is 0.308. The van der Waals surface area contributed by atoms with Crippen molar-refractivity contribution < 1.29 is 19.2 Å². The van der Waals surface area contributed by atoms with Gasteiger partial charge in [0.25, 0.3) is 0 Å². The van der Waals surface area contributed by atoms with Crippen LogP contribution in [-0.2, 0) is 29.2 Å². The lowest BCUT2D eigenvalue weighted by molar-refractivity contribution is -0.955. The minimum absolute atomic E-state index is 0.237. The third kappa shape index (κ3) is 4.67. The molecule has 2 heterocycles. The van der Waals surface area contributed by atoms with Crippen molar-refractivity contribution in [3.05, 3.63) is 93.7 Å². The SMILES string of the molecule is COC(=O)[C@H]1Cc2ccccc2C[NH+]1Cn1nc(-c2ccc(OC)cc2)n(-c2ccc(Cl)cc2)c1=S. The van der Waals surface area contributed by atoms with Gasteiger partial charge in [0.05, 0.1) is 19.9 Å². The second-order valence-corrected chi connectivity index (χ2v) is 9.49. The van der Waals surface area contributed by atoms with Crippen molar-refractivity contribution >= 4 is 29.8 Å². The molecule has 1 aliphatic rings. The zero-order valence-electron chi connectivity index (χ0n) is 20.0. The first-order chi connectivity index (χ1) is 17.5. The number of nitrogens with zero attached hydrogens (tertiary/aromatic N) is 3. The molecule has 4 aromatic rings. The van der Waals surface area contributed by atoms with Crippen LogP contribution in [0.5, 0.6) is 5.75 Å². The first kappa shape index (κ1) is 24.2. The first-order valence-corrected chi connectivity index (χ1v) is 12.4. The summed E-state index contributed by atoms with van der Waals surface area (Å²) in [6.45, 7) is 1.08. The molecule has 0 fully saturated rings. The lowest BCUT2D eigenvalue weighted by Gasteiger charge is -2.31. The van der Waals surface area contributed by atoms with Crippen molar-refractivity contribution in [2.24, 2.45) is 0 Å². The maximum Gasteiger partial charge on any atom is 0.365 e. The van der Waals surface area contributed by atoms with Crippen LogP contribution in [0.4, 0.5) is 0 Å². The molecule has 9 heteroatoms. The molecule has 3 aromatic carbocycles. The van der Waals surface area contributed by atoms with E-state index < -0.39 is 0 Å². The van der Waals surface area contributed by atoms with E-state index in [1.807, 2.05) is 65.2 Å². The molecule has 7 nitrogen and oxygen atoms in total. The van der Waals surface area contributed by atoms with Crippen LogP contribution < -0.4 is 9.64 Å². The average molecular weight is 522 g/mol. The molecule has 0 radical (unpaired) electrons. The summed E-state index contributed by atoms with van der Waals surface area (Å²) in [5.74, 6) is 1.21. The smallest absolute Gasteiger partial charge is 0.365 e. The Labute approximate surface area is 219 Å². The van der Waals surface area contributed by atoms with Gasteiger partial charge < -0.3 is 14.4 Å². The van der Waals surface area contributed by atoms with Crippen molar-refractivity contribution in [3.8, 4) is 22.8 Å². The molecule has 0 spiro atoms. The van der Waals surface area contributed by atoms with E-state index in [1.165, 1.54) is 18.2 Å². The Bertz CT molecular complexity index is 1450. The van der Waals surface area contributed by atoms with E-state index >= 15 is 0 Å². The fourth-order valence-electron chi connectivity index (χ4n) is 4.67. The number of benzene rings is 3. The maximum absolute atomic E-state index is 12.7. The number of hydrogen-bond acceptors (Lipinski definition) is 5. The van der Waals surface area contributed by atoms with E-state index in [9.17, 15) is 4.79 Å². The van der Waals surface area contributed by atoms with Crippen molar-refractivity contribution in [1.82, 2.24) is 14.3 Å². The second-order valence-electron chi connectivity index (χ2n) is 8.69. The number of hydrogen-bond donors (Lipinski definition) is 1. The molecule has 0 aliphatic carbocycles. The molecule has 184 valence electrons. The Kier molecular flexibility index (Phi) is 6.91. The highest BCUT2D eigenvalue weighted by Crippen LogP contribution is 2.25. The van der Waals surface area contributed by atoms with E-state index in [1.54, 1.807) is 11.8 Å². The largest absolute Gasteiger partial charge is 0.497 e. The monoisotopic (exact) mass is 521 g/mol. The highest BCUT2D eigenvalue weighted by atomic mass is 35.5. The maximum atomic E-state index is 12.7. The number of esters is 1. The van der Waals surface area contributed by atoms with Crippen molar-refractivity contribution in [3.63, 3.8) is 0 Å². The van der Waals surface area contributed by atoms with Crippen molar-refractivity contribution in [2.75, 3.05) is 14.2 Å². The van der Waals surface area contributed by atoms with Gasteiger partial charge in [-0.2, -0.15) is 4.68 Å². The Morgan fingerprint density at radius 2 is 1.75 bits per heavy atom. The van der Waals surface area contributed by atoms with Gasteiger partial charge in [0.2, 0.25) is 4.77 Å². The molecule has 36 heavy (non-hydrogen) atoms. The summed E-state index contributed by atoms with van der Waals surface area (Å²) in [6.07, 6.45) is 0.606. The van der Waals surface area contributed by atoms with Gasteiger partial charge in [0.1, 0.15) is 12.3 Å². The van der Waals surface area contributed by atoms with Gasteiger partial charge in [0, 0.05) is 22.6 Å². The van der Waals surface area contributed by atoms with E-state index in [2.05, 4.69) is 12.1 Å². The van der Waals surface area contributed by atoms with Gasteiger partial charge in [-0.05, 0) is 66.3 Å². The fraction of sp³-hybridized carbons (Fsp3) is 0.222. The number of carbonyl (C=O) groups excluding carboxylic acids is 1. The van der Waals surface area contributed by atoms with E-state index in [0.29, 0.717) is 35.3 Å². The minimum Gasteiger partial charge on any atom is -0.497 e. The van der Waals surface area contributed by atoms with Crippen LogP contribution in [0.2, 0.25) is 5.02 Å². The molecular formula is C27H26ClN4O3S+. The number of halogens is 1. The number of aromatic nitrogens is 3. The lowest BCUT2D eigenvalue weighted by atomic mass is 9.94. The molecule has 0 amide bonds. The Morgan fingerprint density at radius 3 is 2.42 bits per heavy atom. The predicted octanol–water partition coefficient (Wildman–Crippen LogP) is 3.87. The predicted molar refractivity (Wildman–Crippen MR) is 140 cm³/mol. The Hall–Kier alpha value is -3.46. The molecule has 1 aliphatic heterocycles. The number of ether oxygens (including phenoxy) is 2. The molecule has 5 rings (SSSR count). The van der Waals surface area contributed by atoms with E-state index in [-0.39, 0.29) is 12.0 Å². The Morgan fingerprint density at radius 1 is 1.06 bits per heavy atom. The first-order valence-electron chi connectivity index (χ1n) is 11.6. The minimum atomic E-state index is -0.350. The summed E-state index contributed by atoms with van der Waals surface area (Å²) in [7, 11) is 3.07. The zero-order chi connectivity index (χ0) is 25.2. The average Bonchev–Trinajstić information content (AvgIpc) is 3.23. The van der Waals surface area contributed by atoms with Crippen LogP contribution in [0, 0.1) is 4.77 Å². The Balaban J connectivity index is 1.58. The fourth-order valence-corrected chi connectivity index (χ4v) is 5.10. The molecule has 1 unspecified atom stereocenters. The number of methoxy groups -OCH3 is 2. The van der Waals surface area contributed by atoms with E-state index in [0.717, 1.165) is 21.9 Å². The summed E-state index contributed by atoms with van der Waals surface area (Å²) >= 11 is 12.1. The molecule has 1 aromatic heterocycles. The van der Waals surface area contributed by atoms with Crippen LogP contribution in [0.15, 0.2) is 72.8 Å². The highest BCUT2D eigenvalue weighted by Gasteiger charge is 2.36. The van der Waals surface area contributed by atoms with Crippen LogP contribution in [0.25, 0.3) is 17.1 Å². The van der Waals surface area contributed by atoms with Gasteiger partial charge in [-0.3, -0.25) is 4.57 Å². The van der Waals surface area contributed by atoms with Crippen LogP contribution in [0.3, 0.4) is 0 Å². The topological polar surface area (TPSA) is 62.7 Å². The van der Waals surface area contributed by atoms with Gasteiger partial charge in [-0.1, -0.05) is 35.9 Å². The van der Waals surface area contributed by atoms with Crippen LogP contribution >= 0.6 is 23.8 Å². The summed E-state index contributed by atoms with van der Waals surface area (Å²) < 4.78 is 14.7. The van der Waals surface area contributed by atoms with Crippen LogP contribution in [-0.4, -0.2) is 40.6 Å². The second kappa shape index (κ2) is 10.3. The number of fused-ring (bicyclic) bond motifs is 1. The van der Waals surface area contributed by atoms with Crippen molar-refractivity contribution in [1.29, 1.82) is 0 Å². The summed E-state index contributed by atoms with van der Waals surface area (Å²) in [4.78, 5) is 13.8. The zero-order valence-corrected chi connectivity index (χ0v) is 21.6. The summed E-state index contributed by atoms with van der Waals surface area (Å²) in [6, 6.07) is 23.0. The molecule has 1 N–H and O–H groups in total. The third-order valence-electron chi connectivity index (χ3n) is 6.56.